The van der Waals surface area contributed by atoms with Gasteiger partial charge in [0.1, 0.15) is 6.61 Å². The first kappa shape index (κ1) is 30.9. The van der Waals surface area contributed by atoms with Crippen LogP contribution in [0.1, 0.15) is 40.3 Å². The van der Waals surface area contributed by atoms with Gasteiger partial charge in [0.25, 0.3) is 11.2 Å². The number of aryl methyl sites for hydroxylation is 1. The van der Waals surface area contributed by atoms with E-state index in [2.05, 4.69) is 12.1 Å². The van der Waals surface area contributed by atoms with Crippen LogP contribution in [0.25, 0.3) is 11.8 Å². The monoisotopic (exact) mass is 661 g/mol. The number of ether oxygens (including phenoxy) is 4. The molecule has 242 valence electrons. The molecular weight excluding hydrogens is 630 g/mol. The third-order valence-corrected chi connectivity index (χ3v) is 9.61. The van der Waals surface area contributed by atoms with Gasteiger partial charge in [-0.1, -0.05) is 47.7 Å². The van der Waals surface area contributed by atoms with Gasteiger partial charge in [0.2, 0.25) is 0 Å². The van der Waals surface area contributed by atoms with Gasteiger partial charge in [-0.2, -0.15) is 0 Å². The van der Waals surface area contributed by atoms with E-state index < -0.39 is 4.92 Å². The normalized spacial score (nSPS) is 15.1. The van der Waals surface area contributed by atoms with Crippen LogP contribution in [0.4, 0.5) is 5.69 Å². The van der Waals surface area contributed by atoms with Crippen LogP contribution in [-0.4, -0.2) is 30.8 Å². The van der Waals surface area contributed by atoms with E-state index >= 15 is 0 Å². The molecule has 48 heavy (non-hydrogen) atoms. The van der Waals surface area contributed by atoms with Crippen LogP contribution in [0.15, 0.2) is 100 Å². The minimum absolute atomic E-state index is 0.0194. The zero-order valence-corrected chi connectivity index (χ0v) is 27.3. The quantitative estimate of drug-likeness (QED) is 0.144. The summed E-state index contributed by atoms with van der Waals surface area (Å²) in [6, 6.07) is 25.4. The van der Waals surface area contributed by atoms with Gasteiger partial charge in [0, 0.05) is 17.7 Å². The Morgan fingerprint density at radius 2 is 1.62 bits per heavy atom. The van der Waals surface area contributed by atoms with E-state index in [0.717, 1.165) is 46.4 Å². The minimum Gasteiger partial charge on any atom is -0.493 e. The Balaban J connectivity index is 1.28. The number of nitro groups is 1. The van der Waals surface area contributed by atoms with Crippen molar-refractivity contribution in [2.24, 2.45) is 4.99 Å². The molecule has 1 aliphatic carbocycles. The molecule has 1 atom stereocenters. The molecule has 0 amide bonds. The van der Waals surface area contributed by atoms with Crippen LogP contribution in [-0.2, 0) is 13.0 Å². The minimum atomic E-state index is -0.438. The third-order valence-electron chi connectivity index (χ3n) is 8.62. The second kappa shape index (κ2) is 12.8. The van der Waals surface area contributed by atoms with Gasteiger partial charge >= 0.3 is 0 Å². The summed E-state index contributed by atoms with van der Waals surface area (Å²) in [6.07, 6.45) is 3.48. The van der Waals surface area contributed by atoms with Crippen LogP contribution in [0.2, 0.25) is 0 Å². The molecule has 0 N–H and O–H groups in total. The number of fused-ring (bicyclic) bond motifs is 3. The lowest BCUT2D eigenvalue weighted by atomic mass is 9.83. The van der Waals surface area contributed by atoms with Crippen molar-refractivity contribution in [1.82, 2.24) is 4.57 Å². The molecule has 1 aliphatic heterocycles. The Morgan fingerprint density at radius 1 is 0.896 bits per heavy atom. The van der Waals surface area contributed by atoms with Gasteiger partial charge in [0.15, 0.2) is 27.8 Å². The molecule has 2 heterocycles. The van der Waals surface area contributed by atoms with Gasteiger partial charge in [-0.15, -0.1) is 0 Å². The Kier molecular flexibility index (Phi) is 8.28. The van der Waals surface area contributed by atoms with E-state index in [-0.39, 0.29) is 23.9 Å². The molecule has 10 nitrogen and oxygen atoms in total. The molecule has 11 heteroatoms. The highest BCUT2D eigenvalue weighted by molar-refractivity contribution is 7.07. The predicted molar refractivity (Wildman–Crippen MR) is 183 cm³/mol. The second-order valence-corrected chi connectivity index (χ2v) is 12.4. The lowest BCUT2D eigenvalue weighted by molar-refractivity contribution is -0.384. The average molecular weight is 662 g/mol. The number of hydrogen-bond donors (Lipinski definition) is 0. The number of rotatable bonds is 9. The number of nitro benzene ring substituents is 1. The van der Waals surface area contributed by atoms with E-state index in [1.54, 1.807) is 44.1 Å². The molecular formula is C37H31N3O7S. The van der Waals surface area contributed by atoms with E-state index in [0.29, 0.717) is 32.3 Å². The van der Waals surface area contributed by atoms with E-state index in [4.69, 9.17) is 23.9 Å². The molecule has 4 aromatic carbocycles. The predicted octanol–water partition coefficient (Wildman–Crippen LogP) is 5.83. The van der Waals surface area contributed by atoms with Crippen molar-refractivity contribution < 1.29 is 23.9 Å². The van der Waals surface area contributed by atoms with Gasteiger partial charge in [-0.3, -0.25) is 19.5 Å². The molecule has 0 unspecified atom stereocenters. The number of aromatic nitrogens is 1. The molecule has 0 saturated carbocycles. The largest absolute Gasteiger partial charge is 0.493 e. The van der Waals surface area contributed by atoms with Gasteiger partial charge in [-0.05, 0) is 83.1 Å². The van der Waals surface area contributed by atoms with Crippen molar-refractivity contribution in [2.45, 2.75) is 25.5 Å². The summed E-state index contributed by atoms with van der Waals surface area (Å²) in [7, 11) is 4.76. The molecule has 0 saturated heterocycles. The summed E-state index contributed by atoms with van der Waals surface area (Å²) >= 11 is 1.35. The molecule has 0 radical (unpaired) electrons. The number of hydrogen-bond acceptors (Lipinski definition) is 9. The number of benzene rings is 4. The van der Waals surface area contributed by atoms with Crippen molar-refractivity contribution in [2.75, 3.05) is 21.3 Å². The fraction of sp³-hybridized carbons (Fsp3) is 0.189. The van der Waals surface area contributed by atoms with Crippen molar-refractivity contribution in [3.63, 3.8) is 0 Å². The highest BCUT2D eigenvalue weighted by atomic mass is 32.1. The SMILES string of the molecule is COc1ccc([C@H]2C3=C(N=c4s/c(=C/c5ccc(OCc6ccc([N+](=O)[O-])cc6)c(OC)c5)c(=O)n42)c2ccccc2CC3)cc1OC. The van der Waals surface area contributed by atoms with Crippen LogP contribution in [0.3, 0.4) is 0 Å². The van der Waals surface area contributed by atoms with Crippen LogP contribution in [0.5, 0.6) is 23.0 Å². The summed E-state index contributed by atoms with van der Waals surface area (Å²) < 4.78 is 25.1. The van der Waals surface area contributed by atoms with E-state index in [1.165, 1.54) is 29.0 Å². The highest BCUT2D eigenvalue weighted by Crippen LogP contribution is 2.43. The number of methoxy groups -OCH3 is 3. The summed E-state index contributed by atoms with van der Waals surface area (Å²) in [5, 5.41) is 11.0. The van der Waals surface area contributed by atoms with Crippen molar-refractivity contribution in [3.05, 3.63) is 148 Å². The summed E-state index contributed by atoms with van der Waals surface area (Å²) in [5.41, 5.74) is 6.69. The zero-order chi connectivity index (χ0) is 33.4. The van der Waals surface area contributed by atoms with Crippen molar-refractivity contribution >= 4 is 28.8 Å². The molecule has 0 fully saturated rings. The third kappa shape index (κ3) is 5.62. The first-order valence-corrected chi connectivity index (χ1v) is 16.1. The summed E-state index contributed by atoms with van der Waals surface area (Å²) in [5.74, 6) is 2.21. The Labute approximate surface area is 279 Å². The zero-order valence-electron chi connectivity index (χ0n) is 26.5. The lowest BCUT2D eigenvalue weighted by Crippen LogP contribution is -2.38. The Morgan fingerprint density at radius 3 is 2.38 bits per heavy atom. The smallest absolute Gasteiger partial charge is 0.271 e. The van der Waals surface area contributed by atoms with Gasteiger partial charge < -0.3 is 18.9 Å². The standard InChI is InChI=1S/C37H31N3O7S/c1-44-29-17-12-25(20-32(29)46-3)35-28-15-11-24-6-4-5-7-27(24)34(28)38-37-39(35)36(41)33(48-37)19-23-10-16-30(31(18-23)45-2)47-21-22-8-13-26(14-9-22)40(42)43/h4-10,12-14,16-20,35H,11,15,21H2,1-3H3/b33-19+/t35-/m0/s1. The van der Waals surface area contributed by atoms with E-state index in [9.17, 15) is 14.9 Å². The number of non-ortho nitro benzene ring substituents is 1. The van der Waals surface area contributed by atoms with Gasteiger partial charge in [0.05, 0.1) is 42.5 Å². The van der Waals surface area contributed by atoms with Crippen molar-refractivity contribution in [1.29, 1.82) is 0 Å². The number of nitrogens with zero attached hydrogens (tertiary/aromatic N) is 3. The van der Waals surface area contributed by atoms with Crippen LogP contribution >= 0.6 is 11.3 Å². The van der Waals surface area contributed by atoms with E-state index in [1.807, 2.05) is 48.5 Å². The molecule has 2 aliphatic rings. The van der Waals surface area contributed by atoms with Crippen LogP contribution in [0, 0.1) is 10.1 Å². The average Bonchev–Trinajstić information content (AvgIpc) is 3.43. The fourth-order valence-corrected chi connectivity index (χ4v) is 7.27. The summed E-state index contributed by atoms with van der Waals surface area (Å²) in [6.45, 7) is 0.205. The van der Waals surface area contributed by atoms with Crippen molar-refractivity contribution in [3.8, 4) is 23.0 Å². The molecule has 5 aromatic rings. The molecule has 0 spiro atoms. The van der Waals surface area contributed by atoms with Crippen LogP contribution < -0.4 is 33.8 Å². The molecule has 7 rings (SSSR count). The topological polar surface area (TPSA) is 114 Å². The summed E-state index contributed by atoms with van der Waals surface area (Å²) in [4.78, 5) is 30.5. The maximum atomic E-state index is 14.3. The lowest BCUT2D eigenvalue weighted by Gasteiger charge is -2.31. The Bertz CT molecular complexity index is 2270. The number of allylic oxidation sites excluding steroid dienone is 1. The number of thiazole rings is 1. The molecule has 0 bridgehead atoms. The second-order valence-electron chi connectivity index (χ2n) is 11.4. The first-order valence-electron chi connectivity index (χ1n) is 15.3. The van der Waals surface area contributed by atoms with Gasteiger partial charge in [-0.25, -0.2) is 4.99 Å². The first-order chi connectivity index (χ1) is 23.4. The Hall–Kier alpha value is -5.68. The molecule has 1 aromatic heterocycles. The maximum absolute atomic E-state index is 14.3. The highest BCUT2D eigenvalue weighted by Gasteiger charge is 2.33. The maximum Gasteiger partial charge on any atom is 0.271 e. The fourth-order valence-electron chi connectivity index (χ4n) is 6.26.